The number of fused-ring (bicyclic) bond motifs is 1. The number of pyridine rings is 1. The third-order valence-corrected chi connectivity index (χ3v) is 4.71. The van der Waals surface area contributed by atoms with Crippen LogP contribution in [0.25, 0.3) is 10.9 Å². The number of aromatic amines is 1. The Hall–Kier alpha value is -3.20. The van der Waals surface area contributed by atoms with Gasteiger partial charge in [0.05, 0.1) is 11.3 Å². The standard InChI is InChI=1S/C20H16F3N3O2S/c1-2-7-29-26-14-9-12(20(21,22)23)8-13(10-14)25-19(28)16-11-24-17-6-4-3-5-15(17)18(16)27/h2-11,26H,1H3,(H,24,27)(H,25,28)/p+1/b7-2+. The van der Waals surface area contributed by atoms with Gasteiger partial charge in [-0.15, -0.1) is 0 Å². The molecule has 0 saturated carbocycles. The smallest absolute Gasteiger partial charge is 0.416 e. The Morgan fingerprint density at radius 2 is 2.00 bits per heavy atom. The highest BCUT2D eigenvalue weighted by molar-refractivity contribution is 8.03. The third kappa shape index (κ3) is 4.80. The molecule has 0 amide bonds. The van der Waals surface area contributed by atoms with Crippen LogP contribution in [0.3, 0.4) is 0 Å². The average Bonchev–Trinajstić information content (AvgIpc) is 2.68. The van der Waals surface area contributed by atoms with Gasteiger partial charge >= 0.3 is 12.1 Å². The molecule has 0 bridgehead atoms. The van der Waals surface area contributed by atoms with Gasteiger partial charge in [0.25, 0.3) is 0 Å². The van der Waals surface area contributed by atoms with E-state index in [2.05, 4.69) is 14.7 Å². The first kappa shape index (κ1) is 20.5. The van der Waals surface area contributed by atoms with Crippen LogP contribution in [0.15, 0.2) is 64.9 Å². The van der Waals surface area contributed by atoms with Crippen LogP contribution >= 0.6 is 11.9 Å². The Kier molecular flexibility index (Phi) is 5.97. The van der Waals surface area contributed by atoms with Gasteiger partial charge in [0.15, 0.2) is 5.56 Å². The fourth-order valence-electron chi connectivity index (χ4n) is 2.64. The van der Waals surface area contributed by atoms with Crippen LogP contribution in [0.1, 0.15) is 18.1 Å². The lowest BCUT2D eigenvalue weighted by atomic mass is 10.1. The predicted molar refractivity (Wildman–Crippen MR) is 109 cm³/mol. The van der Waals surface area contributed by atoms with Gasteiger partial charge < -0.3 is 14.8 Å². The number of rotatable bonds is 5. The zero-order chi connectivity index (χ0) is 21.0. The molecule has 3 rings (SSSR count). The van der Waals surface area contributed by atoms with Crippen molar-refractivity contribution in [2.75, 3.05) is 4.72 Å². The van der Waals surface area contributed by atoms with Crippen molar-refractivity contribution in [2.24, 2.45) is 0 Å². The molecule has 29 heavy (non-hydrogen) atoms. The molecule has 0 unspecified atom stereocenters. The van der Waals surface area contributed by atoms with Crippen molar-refractivity contribution in [2.45, 2.75) is 13.1 Å². The normalized spacial score (nSPS) is 12.6. The number of hydrogen-bond acceptors (Lipinski definition) is 3. The van der Waals surface area contributed by atoms with E-state index in [9.17, 15) is 23.1 Å². The number of aliphatic hydroxyl groups is 1. The first-order chi connectivity index (χ1) is 13.8. The number of para-hydroxylation sites is 1. The maximum absolute atomic E-state index is 13.2. The van der Waals surface area contributed by atoms with Crippen LogP contribution in [0, 0.1) is 0 Å². The number of allylic oxidation sites excluding steroid dienone is 1. The van der Waals surface area contributed by atoms with E-state index in [0.717, 1.165) is 24.1 Å². The van der Waals surface area contributed by atoms with E-state index in [1.807, 2.05) is 0 Å². The van der Waals surface area contributed by atoms with Crippen molar-refractivity contribution < 1.29 is 23.3 Å². The summed E-state index contributed by atoms with van der Waals surface area (Å²) in [5.41, 5.74) is -0.678. The van der Waals surface area contributed by atoms with Crippen molar-refractivity contribution in [1.29, 1.82) is 0 Å². The Labute approximate surface area is 168 Å². The van der Waals surface area contributed by atoms with Gasteiger partial charge in [0, 0.05) is 29.2 Å². The summed E-state index contributed by atoms with van der Waals surface area (Å²) in [6.07, 6.45) is -1.53. The molecule has 5 nitrogen and oxygen atoms in total. The van der Waals surface area contributed by atoms with Crippen LogP contribution < -0.4 is 15.1 Å². The van der Waals surface area contributed by atoms with E-state index < -0.39 is 23.1 Å². The lowest BCUT2D eigenvalue weighted by molar-refractivity contribution is -0.364. The summed E-state index contributed by atoms with van der Waals surface area (Å²) in [5, 5.41) is 12.4. The van der Waals surface area contributed by atoms with Crippen molar-refractivity contribution in [3.05, 3.63) is 81.5 Å². The van der Waals surface area contributed by atoms with Crippen molar-refractivity contribution in [3.8, 4) is 0 Å². The van der Waals surface area contributed by atoms with Crippen molar-refractivity contribution in [3.63, 3.8) is 0 Å². The Balaban J connectivity index is 2.05. The van der Waals surface area contributed by atoms with Gasteiger partial charge in [-0.1, -0.05) is 18.2 Å². The quantitative estimate of drug-likeness (QED) is 0.287. The zero-order valence-electron chi connectivity index (χ0n) is 15.2. The number of alkyl halides is 3. The summed E-state index contributed by atoms with van der Waals surface area (Å²) in [5.74, 6) is -0.552. The number of anilines is 1. The third-order valence-electron chi connectivity index (χ3n) is 3.95. The molecule has 0 aliphatic rings. The Morgan fingerprint density at radius 3 is 2.72 bits per heavy atom. The molecule has 0 aliphatic carbocycles. The summed E-state index contributed by atoms with van der Waals surface area (Å²) in [6.45, 7) is 1.78. The van der Waals surface area contributed by atoms with Gasteiger partial charge in [-0.2, -0.15) is 18.2 Å². The maximum Gasteiger partial charge on any atom is 0.416 e. The molecule has 1 aromatic heterocycles. The summed E-state index contributed by atoms with van der Waals surface area (Å²) < 4.78 is 42.5. The summed E-state index contributed by atoms with van der Waals surface area (Å²) in [4.78, 5) is 18.0. The topological polar surface area (TPSA) is 79.1 Å². The minimum Gasteiger partial charge on any atom is -0.459 e. The monoisotopic (exact) mass is 420 g/mol. The SMILES string of the molecule is C/C=C/SNc1cc([NH+]=C(O)c2c[nH]c3ccccc3c2=O)cc(C(F)(F)F)c1. The van der Waals surface area contributed by atoms with E-state index in [4.69, 9.17) is 0 Å². The van der Waals surface area contributed by atoms with E-state index in [1.165, 1.54) is 12.3 Å². The van der Waals surface area contributed by atoms with Gasteiger partial charge in [-0.3, -0.25) is 4.79 Å². The molecule has 0 aliphatic heterocycles. The molecule has 4 N–H and O–H groups in total. The number of aromatic nitrogens is 1. The van der Waals surface area contributed by atoms with E-state index in [0.29, 0.717) is 10.9 Å². The predicted octanol–water partition coefficient (Wildman–Crippen LogP) is 3.86. The largest absolute Gasteiger partial charge is 0.459 e. The molecular weight excluding hydrogens is 403 g/mol. The number of hydrogen-bond donors (Lipinski definition) is 4. The van der Waals surface area contributed by atoms with E-state index in [-0.39, 0.29) is 16.9 Å². The maximum atomic E-state index is 13.2. The molecular formula is C20H17F3N3O2S+. The number of benzene rings is 2. The second-order valence-corrected chi connectivity index (χ2v) is 6.75. The highest BCUT2D eigenvalue weighted by Crippen LogP contribution is 2.33. The summed E-state index contributed by atoms with van der Waals surface area (Å²) >= 11 is 1.10. The number of halogens is 3. The molecule has 1 heterocycles. The minimum atomic E-state index is -4.57. The lowest BCUT2D eigenvalue weighted by Gasteiger charge is -2.09. The highest BCUT2D eigenvalue weighted by atomic mass is 32.2. The Bertz CT molecular complexity index is 1150. The molecule has 2 aromatic carbocycles. The molecule has 0 spiro atoms. The van der Waals surface area contributed by atoms with Gasteiger partial charge in [0.2, 0.25) is 11.1 Å². The summed E-state index contributed by atoms with van der Waals surface area (Å²) in [6, 6.07) is 9.95. The molecule has 0 atom stereocenters. The lowest BCUT2D eigenvalue weighted by Crippen LogP contribution is -2.67. The molecule has 0 saturated heterocycles. The highest BCUT2D eigenvalue weighted by Gasteiger charge is 2.32. The first-order valence-electron chi connectivity index (χ1n) is 8.48. The van der Waals surface area contributed by atoms with E-state index in [1.54, 1.807) is 42.7 Å². The fourth-order valence-corrected chi connectivity index (χ4v) is 3.10. The van der Waals surface area contributed by atoms with Crippen LogP contribution in [-0.4, -0.2) is 16.0 Å². The van der Waals surface area contributed by atoms with Crippen LogP contribution in [0.5, 0.6) is 0 Å². The summed E-state index contributed by atoms with van der Waals surface area (Å²) in [7, 11) is 0. The zero-order valence-corrected chi connectivity index (χ0v) is 16.0. The van der Waals surface area contributed by atoms with Crippen LogP contribution in [0.2, 0.25) is 0 Å². The van der Waals surface area contributed by atoms with Gasteiger partial charge in [0.1, 0.15) is 0 Å². The van der Waals surface area contributed by atoms with Gasteiger partial charge in [-0.25, -0.2) is 0 Å². The number of nitrogens with one attached hydrogen (secondary N) is 3. The molecule has 150 valence electrons. The van der Waals surface area contributed by atoms with E-state index >= 15 is 0 Å². The molecule has 3 aromatic rings. The number of H-pyrrole nitrogens is 1. The van der Waals surface area contributed by atoms with Crippen LogP contribution in [-0.2, 0) is 6.18 Å². The second-order valence-electron chi connectivity index (χ2n) is 6.04. The second kappa shape index (κ2) is 8.44. The fraction of sp³-hybridized carbons (Fsp3) is 0.100. The first-order valence-corrected chi connectivity index (χ1v) is 9.36. The minimum absolute atomic E-state index is 0.0199. The molecule has 0 radical (unpaired) electrons. The van der Waals surface area contributed by atoms with Crippen molar-refractivity contribution >= 4 is 40.1 Å². The number of aliphatic hydroxyl groups excluding tert-OH is 1. The Morgan fingerprint density at radius 1 is 1.24 bits per heavy atom. The van der Waals surface area contributed by atoms with Crippen LogP contribution in [0.4, 0.5) is 24.5 Å². The van der Waals surface area contributed by atoms with Gasteiger partial charge in [-0.05, 0) is 42.5 Å². The molecule has 9 heteroatoms. The van der Waals surface area contributed by atoms with Crippen molar-refractivity contribution in [1.82, 2.24) is 4.98 Å². The molecule has 0 fully saturated rings. The average molecular weight is 420 g/mol.